The third-order valence-corrected chi connectivity index (χ3v) is 4.58. The highest BCUT2D eigenvalue weighted by atomic mass is 16.5. The first-order chi connectivity index (χ1) is 14.0. The Hall–Kier alpha value is -3.22. The first kappa shape index (κ1) is 22.1. The van der Waals surface area contributed by atoms with Gasteiger partial charge in [-0.2, -0.15) is 0 Å². The second-order valence-corrected chi connectivity index (χ2v) is 6.62. The predicted molar refractivity (Wildman–Crippen MR) is 118 cm³/mol. The van der Waals surface area contributed by atoms with Crippen LogP contribution in [0.1, 0.15) is 25.8 Å². The molecule has 1 unspecified atom stereocenters. The molecule has 0 saturated carbocycles. The van der Waals surface area contributed by atoms with E-state index in [0.717, 1.165) is 23.4 Å². The van der Waals surface area contributed by atoms with E-state index in [1.807, 2.05) is 56.3 Å². The molecule has 7 nitrogen and oxygen atoms in total. The molecular weight excluding hydrogens is 368 g/mol. The van der Waals surface area contributed by atoms with Crippen molar-refractivity contribution in [3.63, 3.8) is 0 Å². The van der Waals surface area contributed by atoms with Crippen molar-refractivity contribution in [2.45, 2.75) is 26.8 Å². The van der Waals surface area contributed by atoms with Gasteiger partial charge in [-0.25, -0.2) is 0 Å². The molecule has 0 fully saturated rings. The van der Waals surface area contributed by atoms with Gasteiger partial charge in [-0.15, -0.1) is 0 Å². The maximum absolute atomic E-state index is 12.1. The van der Waals surface area contributed by atoms with Gasteiger partial charge in [0.1, 0.15) is 0 Å². The summed E-state index contributed by atoms with van der Waals surface area (Å²) in [5.41, 5.74) is 2.64. The number of methoxy groups -OCH3 is 2. The van der Waals surface area contributed by atoms with Crippen molar-refractivity contribution in [1.82, 2.24) is 5.32 Å². The lowest BCUT2D eigenvalue weighted by molar-refractivity contribution is -0.119. The van der Waals surface area contributed by atoms with Gasteiger partial charge in [-0.3, -0.25) is 9.79 Å². The van der Waals surface area contributed by atoms with Crippen molar-refractivity contribution in [3.8, 4) is 11.5 Å². The Bertz CT molecular complexity index is 852. The average molecular weight is 399 g/mol. The second kappa shape index (κ2) is 10.9. The van der Waals surface area contributed by atoms with Crippen LogP contribution in [0.5, 0.6) is 11.5 Å². The fraction of sp³-hybridized carbons (Fsp3) is 0.364. The van der Waals surface area contributed by atoms with Crippen LogP contribution in [-0.2, 0) is 11.3 Å². The third-order valence-electron chi connectivity index (χ3n) is 4.58. The molecule has 0 radical (unpaired) electrons. The summed E-state index contributed by atoms with van der Waals surface area (Å²) < 4.78 is 10.6. The van der Waals surface area contributed by atoms with E-state index in [0.29, 0.717) is 24.0 Å². The molecule has 1 amide bonds. The SMILES string of the molecule is CCC(C)C(=O)Nc1cccc(CNC(=NC)Nc2ccc(OC)c(OC)c2)c1. The molecule has 0 bridgehead atoms. The highest BCUT2D eigenvalue weighted by Gasteiger charge is 2.11. The maximum Gasteiger partial charge on any atom is 0.227 e. The summed E-state index contributed by atoms with van der Waals surface area (Å²) in [5.74, 6) is 1.94. The summed E-state index contributed by atoms with van der Waals surface area (Å²) in [4.78, 5) is 16.3. The molecule has 29 heavy (non-hydrogen) atoms. The Labute approximate surface area is 172 Å². The van der Waals surface area contributed by atoms with E-state index in [9.17, 15) is 4.79 Å². The monoisotopic (exact) mass is 398 g/mol. The van der Waals surface area contributed by atoms with Gasteiger partial charge in [0.25, 0.3) is 0 Å². The molecule has 0 aliphatic rings. The summed E-state index contributed by atoms with van der Waals surface area (Å²) >= 11 is 0. The van der Waals surface area contributed by atoms with Crippen LogP contribution in [0, 0.1) is 5.92 Å². The predicted octanol–water partition coefficient (Wildman–Crippen LogP) is 3.88. The van der Waals surface area contributed by atoms with Crippen molar-refractivity contribution in [2.75, 3.05) is 31.9 Å². The highest BCUT2D eigenvalue weighted by molar-refractivity contribution is 5.94. The van der Waals surface area contributed by atoms with Crippen LogP contribution in [0.3, 0.4) is 0 Å². The first-order valence-corrected chi connectivity index (χ1v) is 9.60. The van der Waals surface area contributed by atoms with Crippen molar-refractivity contribution in [1.29, 1.82) is 0 Å². The molecule has 0 saturated heterocycles. The number of benzene rings is 2. The topological polar surface area (TPSA) is 84.0 Å². The fourth-order valence-electron chi connectivity index (χ4n) is 2.63. The molecule has 7 heteroatoms. The lowest BCUT2D eigenvalue weighted by atomic mass is 10.1. The van der Waals surface area contributed by atoms with Crippen LogP contribution in [0.4, 0.5) is 11.4 Å². The van der Waals surface area contributed by atoms with E-state index in [-0.39, 0.29) is 11.8 Å². The molecule has 0 aliphatic carbocycles. The first-order valence-electron chi connectivity index (χ1n) is 9.60. The van der Waals surface area contributed by atoms with E-state index in [1.54, 1.807) is 21.3 Å². The summed E-state index contributed by atoms with van der Waals surface area (Å²) in [7, 11) is 4.91. The zero-order valence-electron chi connectivity index (χ0n) is 17.7. The van der Waals surface area contributed by atoms with Gasteiger partial charge < -0.3 is 25.4 Å². The standard InChI is InChI=1S/C22H30N4O3/c1-6-15(2)21(27)25-17-9-7-8-16(12-17)14-24-22(23-3)26-18-10-11-19(28-4)20(13-18)29-5/h7-13,15H,6,14H2,1-5H3,(H,25,27)(H2,23,24,26). The molecule has 0 aliphatic heterocycles. The number of nitrogens with zero attached hydrogens (tertiary/aromatic N) is 1. The van der Waals surface area contributed by atoms with Gasteiger partial charge in [-0.05, 0) is 36.2 Å². The lowest BCUT2D eigenvalue weighted by Crippen LogP contribution is -2.30. The molecular formula is C22H30N4O3. The van der Waals surface area contributed by atoms with Crippen molar-refractivity contribution < 1.29 is 14.3 Å². The van der Waals surface area contributed by atoms with E-state index in [1.165, 1.54) is 0 Å². The molecule has 3 N–H and O–H groups in total. The van der Waals surface area contributed by atoms with Crippen molar-refractivity contribution in [3.05, 3.63) is 48.0 Å². The van der Waals surface area contributed by atoms with Gasteiger partial charge >= 0.3 is 0 Å². The normalized spacial score (nSPS) is 12.1. The summed E-state index contributed by atoms with van der Waals surface area (Å²) in [6.07, 6.45) is 0.811. The van der Waals surface area contributed by atoms with Gasteiger partial charge in [0, 0.05) is 37.0 Å². The van der Waals surface area contributed by atoms with Crippen LogP contribution >= 0.6 is 0 Å². The van der Waals surface area contributed by atoms with E-state index >= 15 is 0 Å². The van der Waals surface area contributed by atoms with Crippen LogP contribution < -0.4 is 25.4 Å². The maximum atomic E-state index is 12.1. The minimum atomic E-state index is -0.0127. The number of hydrogen-bond acceptors (Lipinski definition) is 4. The number of rotatable bonds is 8. The van der Waals surface area contributed by atoms with Crippen LogP contribution in [0.2, 0.25) is 0 Å². The number of ether oxygens (including phenoxy) is 2. The highest BCUT2D eigenvalue weighted by Crippen LogP contribution is 2.29. The van der Waals surface area contributed by atoms with Gasteiger partial charge in [-0.1, -0.05) is 26.0 Å². The van der Waals surface area contributed by atoms with E-state index < -0.39 is 0 Å². The zero-order valence-corrected chi connectivity index (χ0v) is 17.7. The number of aliphatic imine (C=N–C) groups is 1. The minimum Gasteiger partial charge on any atom is -0.493 e. The Morgan fingerprint density at radius 2 is 1.76 bits per heavy atom. The Balaban J connectivity index is 1.99. The smallest absolute Gasteiger partial charge is 0.227 e. The van der Waals surface area contributed by atoms with Gasteiger partial charge in [0.2, 0.25) is 5.91 Å². The molecule has 0 aromatic heterocycles. The minimum absolute atomic E-state index is 0.0127. The molecule has 1 atom stereocenters. The Kier molecular flexibility index (Phi) is 8.33. The summed E-state index contributed by atoms with van der Waals surface area (Å²) in [6, 6.07) is 13.3. The van der Waals surface area contributed by atoms with Gasteiger partial charge in [0.05, 0.1) is 14.2 Å². The summed E-state index contributed by atoms with van der Waals surface area (Å²) in [5, 5.41) is 9.46. The fourth-order valence-corrected chi connectivity index (χ4v) is 2.63. The largest absolute Gasteiger partial charge is 0.493 e. The van der Waals surface area contributed by atoms with E-state index in [4.69, 9.17) is 9.47 Å². The Morgan fingerprint density at radius 1 is 1.03 bits per heavy atom. The molecule has 0 heterocycles. The molecule has 2 aromatic rings. The zero-order chi connectivity index (χ0) is 21.2. The third kappa shape index (κ3) is 6.41. The number of guanidine groups is 1. The number of amides is 1. The number of carbonyl (C=O) groups excluding carboxylic acids is 1. The number of hydrogen-bond donors (Lipinski definition) is 3. The van der Waals surface area contributed by atoms with Crippen LogP contribution in [0.25, 0.3) is 0 Å². The molecule has 2 aromatic carbocycles. The Morgan fingerprint density at radius 3 is 2.41 bits per heavy atom. The number of nitrogens with one attached hydrogen (secondary N) is 3. The molecule has 2 rings (SSSR count). The number of anilines is 2. The van der Waals surface area contributed by atoms with Crippen molar-refractivity contribution >= 4 is 23.2 Å². The quantitative estimate of drug-likeness (QED) is 0.464. The average Bonchev–Trinajstić information content (AvgIpc) is 2.75. The van der Waals surface area contributed by atoms with Crippen LogP contribution in [0.15, 0.2) is 47.5 Å². The number of carbonyl (C=O) groups is 1. The molecule has 156 valence electrons. The van der Waals surface area contributed by atoms with E-state index in [2.05, 4.69) is 20.9 Å². The summed E-state index contributed by atoms with van der Waals surface area (Å²) in [6.45, 7) is 4.48. The van der Waals surface area contributed by atoms with Crippen molar-refractivity contribution in [2.24, 2.45) is 10.9 Å². The second-order valence-electron chi connectivity index (χ2n) is 6.62. The molecule has 0 spiro atoms. The van der Waals surface area contributed by atoms with Gasteiger partial charge in [0.15, 0.2) is 17.5 Å². The van der Waals surface area contributed by atoms with Crippen LogP contribution in [-0.4, -0.2) is 33.1 Å². The lowest BCUT2D eigenvalue weighted by Gasteiger charge is -2.15.